The maximum absolute atomic E-state index is 12.8. The van der Waals surface area contributed by atoms with Gasteiger partial charge in [0.05, 0.1) is 5.56 Å². The molecule has 1 aliphatic heterocycles. The van der Waals surface area contributed by atoms with Crippen molar-refractivity contribution in [1.82, 2.24) is 14.8 Å². The highest BCUT2D eigenvalue weighted by Crippen LogP contribution is 2.26. The van der Waals surface area contributed by atoms with E-state index in [1.807, 2.05) is 30.3 Å². The number of amides is 1. The van der Waals surface area contributed by atoms with Gasteiger partial charge in [-0.2, -0.15) is 5.26 Å². The van der Waals surface area contributed by atoms with Crippen molar-refractivity contribution < 1.29 is 4.79 Å². The van der Waals surface area contributed by atoms with Gasteiger partial charge in [-0.25, -0.2) is 4.98 Å². The fourth-order valence-corrected chi connectivity index (χ4v) is 3.32. The van der Waals surface area contributed by atoms with Gasteiger partial charge >= 0.3 is 0 Å². The van der Waals surface area contributed by atoms with Gasteiger partial charge in [0.2, 0.25) is 5.91 Å². The van der Waals surface area contributed by atoms with Crippen LogP contribution < -0.4 is 4.90 Å². The van der Waals surface area contributed by atoms with E-state index in [0.29, 0.717) is 5.56 Å². The average molecular weight is 349 g/mol. The molecule has 1 fully saturated rings. The molecule has 0 spiro atoms. The lowest BCUT2D eigenvalue weighted by Gasteiger charge is -2.40. The molecule has 1 aliphatic rings. The first-order valence-corrected chi connectivity index (χ1v) is 8.72. The molecule has 1 amide bonds. The molecule has 0 radical (unpaired) electrons. The Balaban J connectivity index is 1.78. The first-order valence-electron chi connectivity index (χ1n) is 8.72. The monoisotopic (exact) mass is 349 g/mol. The molecule has 6 heteroatoms. The molecule has 6 nitrogen and oxygen atoms in total. The highest BCUT2D eigenvalue weighted by Gasteiger charge is 2.32. The molecule has 3 rings (SSSR count). The predicted molar refractivity (Wildman–Crippen MR) is 101 cm³/mol. The second-order valence-electron chi connectivity index (χ2n) is 6.56. The minimum Gasteiger partial charge on any atom is -0.353 e. The predicted octanol–water partition coefficient (Wildman–Crippen LogP) is 1.90. The maximum Gasteiger partial charge on any atom is 0.244 e. The van der Waals surface area contributed by atoms with Crippen molar-refractivity contribution >= 4 is 11.7 Å². The number of hydrogen-bond acceptors (Lipinski definition) is 5. The third kappa shape index (κ3) is 3.68. The molecule has 2 heterocycles. The Hall–Kier alpha value is -2.91. The number of rotatable bonds is 4. The van der Waals surface area contributed by atoms with Crippen LogP contribution in [-0.4, -0.2) is 61.0 Å². The summed E-state index contributed by atoms with van der Waals surface area (Å²) in [5, 5.41) is 9.29. The van der Waals surface area contributed by atoms with E-state index in [9.17, 15) is 10.1 Å². The summed E-state index contributed by atoms with van der Waals surface area (Å²) < 4.78 is 0. The van der Waals surface area contributed by atoms with Crippen molar-refractivity contribution in [3.63, 3.8) is 0 Å². The third-order valence-electron chi connectivity index (χ3n) is 4.68. The number of carbonyl (C=O) groups is 1. The van der Waals surface area contributed by atoms with Gasteiger partial charge in [0.15, 0.2) is 0 Å². The average Bonchev–Trinajstić information content (AvgIpc) is 2.69. The molecule has 134 valence electrons. The summed E-state index contributed by atoms with van der Waals surface area (Å²) in [6, 6.07) is 15.4. The van der Waals surface area contributed by atoms with Crippen LogP contribution in [0.25, 0.3) is 0 Å². The number of anilines is 1. The Labute approximate surface area is 154 Å². The van der Waals surface area contributed by atoms with Crippen LogP contribution in [0.2, 0.25) is 0 Å². The number of nitriles is 1. The molecule has 1 saturated heterocycles. The molecule has 1 aromatic heterocycles. The summed E-state index contributed by atoms with van der Waals surface area (Å²) in [5.74, 6) is 0.810. The van der Waals surface area contributed by atoms with Crippen LogP contribution in [0.4, 0.5) is 5.82 Å². The van der Waals surface area contributed by atoms with Crippen LogP contribution in [0.1, 0.15) is 17.2 Å². The number of piperazine rings is 1. The van der Waals surface area contributed by atoms with E-state index < -0.39 is 0 Å². The van der Waals surface area contributed by atoms with Crippen LogP contribution in [0, 0.1) is 11.3 Å². The first kappa shape index (κ1) is 17.9. The lowest BCUT2D eigenvalue weighted by atomic mass is 10.0. The molecule has 0 bridgehead atoms. The highest BCUT2D eigenvalue weighted by atomic mass is 16.2. The SMILES string of the molecule is CN(C)C(=O)C(c1ccccc1)N1CCN(c2ncccc2C#N)CC1. The summed E-state index contributed by atoms with van der Waals surface area (Å²) >= 11 is 0. The summed E-state index contributed by atoms with van der Waals surface area (Å²) in [6.45, 7) is 2.94. The van der Waals surface area contributed by atoms with Crippen molar-refractivity contribution in [2.45, 2.75) is 6.04 Å². The number of nitrogens with zero attached hydrogens (tertiary/aromatic N) is 5. The lowest BCUT2D eigenvalue weighted by molar-refractivity contribution is -0.134. The van der Waals surface area contributed by atoms with Crippen molar-refractivity contribution in [2.75, 3.05) is 45.2 Å². The molecule has 26 heavy (non-hydrogen) atoms. The van der Waals surface area contributed by atoms with E-state index in [1.54, 1.807) is 37.3 Å². The van der Waals surface area contributed by atoms with Crippen LogP contribution in [0.3, 0.4) is 0 Å². The molecule has 1 atom stereocenters. The Kier molecular flexibility index (Phi) is 5.49. The highest BCUT2D eigenvalue weighted by molar-refractivity contribution is 5.83. The van der Waals surface area contributed by atoms with Crippen molar-refractivity contribution in [3.05, 3.63) is 59.8 Å². The van der Waals surface area contributed by atoms with Crippen LogP contribution in [0.5, 0.6) is 0 Å². The van der Waals surface area contributed by atoms with Crippen molar-refractivity contribution in [3.8, 4) is 6.07 Å². The van der Waals surface area contributed by atoms with Crippen molar-refractivity contribution in [1.29, 1.82) is 5.26 Å². The van der Waals surface area contributed by atoms with Gasteiger partial charge < -0.3 is 9.80 Å². The summed E-state index contributed by atoms with van der Waals surface area (Å²) in [6.07, 6.45) is 1.71. The number of carbonyl (C=O) groups excluding carboxylic acids is 1. The first-order chi connectivity index (χ1) is 12.6. The fourth-order valence-electron chi connectivity index (χ4n) is 3.32. The van der Waals surface area contributed by atoms with Crippen LogP contribution in [0.15, 0.2) is 48.7 Å². The third-order valence-corrected chi connectivity index (χ3v) is 4.68. The minimum atomic E-state index is -0.285. The normalized spacial score (nSPS) is 16.0. The summed E-state index contributed by atoms with van der Waals surface area (Å²) in [7, 11) is 3.59. The van der Waals surface area contributed by atoms with Gasteiger partial charge in [0.25, 0.3) is 0 Å². The fraction of sp³-hybridized carbons (Fsp3) is 0.350. The van der Waals surface area contributed by atoms with Crippen molar-refractivity contribution in [2.24, 2.45) is 0 Å². The van der Waals surface area contributed by atoms with E-state index in [1.165, 1.54) is 0 Å². The zero-order valence-corrected chi connectivity index (χ0v) is 15.2. The molecular formula is C20H23N5O. The standard InChI is InChI=1S/C20H23N5O/c1-23(2)20(26)18(16-7-4-3-5-8-16)24-11-13-25(14-12-24)19-17(15-21)9-6-10-22-19/h3-10,18H,11-14H2,1-2H3. The maximum atomic E-state index is 12.8. The van der Waals surface area contributed by atoms with Gasteiger partial charge in [0, 0.05) is 46.5 Å². The van der Waals surface area contributed by atoms with E-state index >= 15 is 0 Å². The minimum absolute atomic E-state index is 0.0835. The summed E-state index contributed by atoms with van der Waals surface area (Å²) in [5.41, 5.74) is 1.60. The number of benzene rings is 1. The number of pyridine rings is 1. The zero-order chi connectivity index (χ0) is 18.5. The van der Waals surface area contributed by atoms with Gasteiger partial charge in [-0.1, -0.05) is 30.3 Å². The van der Waals surface area contributed by atoms with Gasteiger partial charge in [-0.15, -0.1) is 0 Å². The number of aromatic nitrogens is 1. The Bertz CT molecular complexity index is 791. The van der Waals surface area contributed by atoms with E-state index in [-0.39, 0.29) is 11.9 Å². The van der Waals surface area contributed by atoms with Gasteiger partial charge in [0.1, 0.15) is 17.9 Å². The Morgan fingerprint density at radius 2 is 1.81 bits per heavy atom. The zero-order valence-electron chi connectivity index (χ0n) is 15.2. The molecule has 1 aromatic carbocycles. The van der Waals surface area contributed by atoms with Crippen LogP contribution in [-0.2, 0) is 4.79 Å². The second-order valence-corrected chi connectivity index (χ2v) is 6.56. The molecule has 0 aliphatic carbocycles. The number of hydrogen-bond donors (Lipinski definition) is 0. The quantitative estimate of drug-likeness (QED) is 0.844. The smallest absolute Gasteiger partial charge is 0.244 e. The topological polar surface area (TPSA) is 63.5 Å². The molecule has 1 unspecified atom stereocenters. The Morgan fingerprint density at radius 1 is 1.12 bits per heavy atom. The molecule has 0 N–H and O–H groups in total. The second kappa shape index (κ2) is 7.98. The van der Waals surface area contributed by atoms with Crippen LogP contribution >= 0.6 is 0 Å². The molecule has 2 aromatic rings. The van der Waals surface area contributed by atoms with Gasteiger partial charge in [-0.05, 0) is 17.7 Å². The Morgan fingerprint density at radius 3 is 2.42 bits per heavy atom. The number of likely N-dealkylation sites (N-methyl/N-ethyl adjacent to an activating group) is 1. The van der Waals surface area contributed by atoms with E-state index in [0.717, 1.165) is 37.6 Å². The largest absolute Gasteiger partial charge is 0.353 e. The van der Waals surface area contributed by atoms with E-state index in [4.69, 9.17) is 0 Å². The lowest BCUT2D eigenvalue weighted by Crippen LogP contribution is -2.51. The van der Waals surface area contributed by atoms with E-state index in [2.05, 4.69) is 20.9 Å². The van der Waals surface area contributed by atoms with Gasteiger partial charge in [-0.3, -0.25) is 9.69 Å². The molecular weight excluding hydrogens is 326 g/mol. The summed E-state index contributed by atoms with van der Waals surface area (Å²) in [4.78, 5) is 23.2. The molecule has 0 saturated carbocycles.